The van der Waals surface area contributed by atoms with Crippen molar-refractivity contribution in [2.24, 2.45) is 0 Å². The lowest BCUT2D eigenvalue weighted by Crippen LogP contribution is -2.46. The highest BCUT2D eigenvalue weighted by Gasteiger charge is 2.25. The molecule has 2 N–H and O–H groups in total. The number of aliphatic hydroxyl groups excluding tert-OH is 1. The number of piperidine rings is 1. The van der Waals surface area contributed by atoms with Crippen molar-refractivity contribution in [3.05, 3.63) is 39.9 Å². The van der Waals surface area contributed by atoms with E-state index in [0.29, 0.717) is 23.2 Å². The fourth-order valence-corrected chi connectivity index (χ4v) is 3.57. The first-order valence-corrected chi connectivity index (χ1v) is 9.29. The van der Waals surface area contributed by atoms with E-state index in [2.05, 4.69) is 30.2 Å². The molecule has 1 aromatic carbocycles. The van der Waals surface area contributed by atoms with E-state index in [1.54, 1.807) is 0 Å². The number of hydrogen-bond acceptors (Lipinski definition) is 5. The summed E-state index contributed by atoms with van der Waals surface area (Å²) in [6.07, 6.45) is 2.79. The molecule has 1 aliphatic heterocycles. The third-order valence-electron chi connectivity index (χ3n) is 5.15. The summed E-state index contributed by atoms with van der Waals surface area (Å²) in [4.78, 5) is 29.7. The predicted molar refractivity (Wildman–Crippen MR) is 109 cm³/mol. The third kappa shape index (κ3) is 4.75. The summed E-state index contributed by atoms with van der Waals surface area (Å²) in [7, 11) is 0. The van der Waals surface area contributed by atoms with Gasteiger partial charge in [0.15, 0.2) is 5.78 Å². The second-order valence-corrected chi connectivity index (χ2v) is 7.58. The molecule has 1 saturated heterocycles. The number of ketones is 1. The van der Waals surface area contributed by atoms with Crippen LogP contribution in [0.4, 0.5) is 0 Å². The summed E-state index contributed by atoms with van der Waals surface area (Å²) in [6.45, 7) is 6.91. The molecule has 0 unspecified atom stereocenters. The highest BCUT2D eigenvalue weighted by atomic mass is 35.5. The number of rotatable bonds is 5. The molecule has 2 atom stereocenters. The average molecular weight is 394 g/mol. The molecule has 0 saturated carbocycles. The van der Waals surface area contributed by atoms with E-state index in [9.17, 15) is 14.7 Å². The minimum absolute atomic E-state index is 0. The molecule has 3 rings (SSSR count). The molecule has 7 heteroatoms. The normalized spacial score (nSPS) is 19.9. The highest BCUT2D eigenvalue weighted by molar-refractivity contribution is 5.85. The maximum absolute atomic E-state index is 12.9. The highest BCUT2D eigenvalue weighted by Crippen LogP contribution is 2.21. The van der Waals surface area contributed by atoms with Gasteiger partial charge in [0, 0.05) is 12.5 Å². The Labute approximate surface area is 165 Å². The van der Waals surface area contributed by atoms with E-state index in [0.717, 1.165) is 24.1 Å². The van der Waals surface area contributed by atoms with Crippen LogP contribution in [0.5, 0.6) is 0 Å². The van der Waals surface area contributed by atoms with Crippen molar-refractivity contribution in [1.29, 1.82) is 0 Å². The molecule has 1 aromatic heterocycles. The number of carbonyl (C=O) groups excluding carboxylic acids is 1. The van der Waals surface area contributed by atoms with Gasteiger partial charge in [-0.1, -0.05) is 19.9 Å². The Hall–Kier alpha value is -1.76. The summed E-state index contributed by atoms with van der Waals surface area (Å²) < 4.78 is 1.38. The zero-order valence-corrected chi connectivity index (χ0v) is 16.9. The Balaban J connectivity index is 0.00000261. The molecule has 2 aromatic rings. The Morgan fingerprint density at radius 3 is 2.81 bits per heavy atom. The van der Waals surface area contributed by atoms with Crippen LogP contribution in [0.3, 0.4) is 0 Å². The quantitative estimate of drug-likeness (QED) is 0.814. The molecule has 0 bridgehead atoms. The Bertz CT molecular complexity index is 879. The zero-order valence-electron chi connectivity index (χ0n) is 16.1. The zero-order chi connectivity index (χ0) is 18.8. The van der Waals surface area contributed by atoms with Gasteiger partial charge in [-0.05, 0) is 49.4 Å². The van der Waals surface area contributed by atoms with Crippen molar-refractivity contribution in [3.63, 3.8) is 0 Å². The third-order valence-corrected chi connectivity index (χ3v) is 5.15. The van der Waals surface area contributed by atoms with Gasteiger partial charge < -0.3 is 10.4 Å². The average Bonchev–Trinajstić information content (AvgIpc) is 2.59. The van der Waals surface area contributed by atoms with Crippen LogP contribution in [0.25, 0.3) is 10.9 Å². The van der Waals surface area contributed by atoms with Crippen molar-refractivity contribution in [2.75, 3.05) is 6.54 Å². The Morgan fingerprint density at radius 1 is 1.41 bits per heavy atom. The summed E-state index contributed by atoms with van der Waals surface area (Å²) >= 11 is 0. The number of halogens is 1. The predicted octanol–water partition coefficient (Wildman–Crippen LogP) is 2.32. The van der Waals surface area contributed by atoms with Gasteiger partial charge in [0.05, 0.1) is 29.9 Å². The molecule has 6 nitrogen and oxygen atoms in total. The van der Waals surface area contributed by atoms with Crippen LogP contribution in [0.15, 0.2) is 23.3 Å². The number of hydrogen-bond donors (Lipinski definition) is 2. The lowest BCUT2D eigenvalue weighted by molar-refractivity contribution is -0.121. The number of aliphatic hydroxyl groups is 1. The second-order valence-electron chi connectivity index (χ2n) is 7.58. The maximum Gasteiger partial charge on any atom is 0.261 e. The first-order valence-electron chi connectivity index (χ1n) is 9.29. The monoisotopic (exact) mass is 393 g/mol. The van der Waals surface area contributed by atoms with Gasteiger partial charge in [0.25, 0.3) is 5.56 Å². The molecule has 148 valence electrons. The van der Waals surface area contributed by atoms with Crippen LogP contribution < -0.4 is 10.9 Å². The number of fused-ring (bicyclic) bond motifs is 1. The van der Waals surface area contributed by atoms with Gasteiger partial charge in [-0.25, -0.2) is 4.98 Å². The molecular weight excluding hydrogens is 366 g/mol. The van der Waals surface area contributed by atoms with Gasteiger partial charge in [-0.2, -0.15) is 0 Å². The molecular formula is C20H28ClN3O3. The van der Waals surface area contributed by atoms with Gasteiger partial charge in [-0.3, -0.25) is 14.2 Å². The molecule has 2 heterocycles. The summed E-state index contributed by atoms with van der Waals surface area (Å²) in [5.74, 6) is 0.232. The van der Waals surface area contributed by atoms with Crippen LogP contribution in [-0.4, -0.2) is 39.1 Å². The van der Waals surface area contributed by atoms with Gasteiger partial charge in [0.2, 0.25) is 0 Å². The number of Topliss-reactive ketones (excluding diaryl/α,β-unsaturated/α-hetero) is 1. The van der Waals surface area contributed by atoms with Gasteiger partial charge in [0.1, 0.15) is 0 Å². The fraction of sp³-hybridized carbons (Fsp3) is 0.550. The van der Waals surface area contributed by atoms with Crippen molar-refractivity contribution in [3.8, 4) is 0 Å². The van der Waals surface area contributed by atoms with E-state index in [1.807, 2.05) is 13.0 Å². The van der Waals surface area contributed by atoms with Gasteiger partial charge in [-0.15, -0.1) is 12.4 Å². The minimum atomic E-state index is -0.504. The van der Waals surface area contributed by atoms with E-state index in [4.69, 9.17) is 0 Å². The van der Waals surface area contributed by atoms with Crippen molar-refractivity contribution >= 4 is 29.1 Å². The second kappa shape index (κ2) is 8.95. The first-order chi connectivity index (χ1) is 12.4. The van der Waals surface area contributed by atoms with Crippen molar-refractivity contribution < 1.29 is 9.90 Å². The number of carbonyl (C=O) groups is 1. The smallest absolute Gasteiger partial charge is 0.261 e. The van der Waals surface area contributed by atoms with E-state index < -0.39 is 6.10 Å². The first kappa shape index (κ1) is 21.5. The number of nitrogens with one attached hydrogen (secondary N) is 1. The molecule has 1 fully saturated rings. The molecule has 0 amide bonds. The van der Waals surface area contributed by atoms with Crippen LogP contribution in [0.2, 0.25) is 0 Å². The van der Waals surface area contributed by atoms with E-state index in [-0.39, 0.29) is 42.8 Å². The van der Waals surface area contributed by atoms with Crippen LogP contribution in [0.1, 0.15) is 50.2 Å². The van der Waals surface area contributed by atoms with Crippen LogP contribution in [-0.2, 0) is 11.3 Å². The molecule has 0 radical (unpaired) electrons. The van der Waals surface area contributed by atoms with Gasteiger partial charge >= 0.3 is 0 Å². The van der Waals surface area contributed by atoms with Crippen LogP contribution in [0, 0.1) is 6.92 Å². The fourth-order valence-electron chi connectivity index (χ4n) is 3.57. The largest absolute Gasteiger partial charge is 0.391 e. The topological polar surface area (TPSA) is 84.2 Å². The SMILES string of the molecule is Cc1cc(C(C)C)cc2c(=O)n(CC(=O)C[C@H]3NCCC[C@@H]3O)cnc12.Cl. The number of benzene rings is 1. The Kier molecular flexibility index (Phi) is 7.14. The molecule has 0 aliphatic carbocycles. The van der Waals surface area contributed by atoms with E-state index >= 15 is 0 Å². The lowest BCUT2D eigenvalue weighted by atomic mass is 9.97. The number of aryl methyl sites for hydroxylation is 1. The number of nitrogens with zero attached hydrogens (tertiary/aromatic N) is 2. The molecule has 27 heavy (non-hydrogen) atoms. The number of aromatic nitrogens is 2. The molecule has 0 spiro atoms. The summed E-state index contributed by atoms with van der Waals surface area (Å²) in [5, 5.41) is 13.7. The summed E-state index contributed by atoms with van der Waals surface area (Å²) in [6, 6.07) is 3.72. The standard InChI is InChI=1S/C20H27N3O3.ClH/c1-12(2)14-7-13(3)19-16(8-14)20(26)23(11-22-19)10-15(24)9-17-18(25)5-4-6-21-17;/h7-8,11-12,17-18,21,25H,4-6,9-10H2,1-3H3;1H/t17-,18+;/m1./s1. The van der Waals surface area contributed by atoms with Crippen LogP contribution >= 0.6 is 12.4 Å². The molecule has 1 aliphatic rings. The van der Waals surface area contributed by atoms with Crippen molar-refractivity contribution in [1.82, 2.24) is 14.9 Å². The minimum Gasteiger partial charge on any atom is -0.391 e. The summed E-state index contributed by atoms with van der Waals surface area (Å²) in [5.41, 5.74) is 2.56. The van der Waals surface area contributed by atoms with Crippen molar-refractivity contribution in [2.45, 2.75) is 64.6 Å². The van der Waals surface area contributed by atoms with E-state index in [1.165, 1.54) is 10.9 Å². The maximum atomic E-state index is 12.9. The lowest BCUT2D eigenvalue weighted by Gasteiger charge is -2.28. The Morgan fingerprint density at radius 2 is 2.15 bits per heavy atom.